The number of likely N-dealkylation sites (tertiary alicyclic amines) is 1. The molecule has 0 radical (unpaired) electrons. The van der Waals surface area contributed by atoms with Crippen LogP contribution in [0.15, 0.2) is 24.3 Å². The smallest absolute Gasteiger partial charge is 0.329 e. The molecule has 0 bridgehead atoms. The van der Waals surface area contributed by atoms with E-state index < -0.39 is 23.7 Å². The number of esters is 1. The Kier molecular flexibility index (Phi) is 7.87. The summed E-state index contributed by atoms with van der Waals surface area (Å²) in [6, 6.07) is 4.66. The van der Waals surface area contributed by atoms with Gasteiger partial charge in [-0.1, -0.05) is 25.3 Å². The molecule has 1 heterocycles. The zero-order chi connectivity index (χ0) is 24.2. The predicted molar refractivity (Wildman–Crippen MR) is 126 cm³/mol. The van der Waals surface area contributed by atoms with E-state index in [0.717, 1.165) is 38.5 Å². The van der Waals surface area contributed by atoms with Gasteiger partial charge in [0.25, 0.3) is 0 Å². The van der Waals surface area contributed by atoms with E-state index in [1.807, 2.05) is 20.8 Å². The summed E-state index contributed by atoms with van der Waals surface area (Å²) < 4.78 is 5.56. The van der Waals surface area contributed by atoms with E-state index in [1.54, 1.807) is 24.1 Å². The van der Waals surface area contributed by atoms with Gasteiger partial charge in [0.2, 0.25) is 5.91 Å². The second kappa shape index (κ2) is 10.4. The monoisotopic (exact) mass is 459 g/mol. The van der Waals surface area contributed by atoms with Crippen LogP contribution in [0.2, 0.25) is 0 Å². The molecule has 0 aromatic heterocycles. The van der Waals surface area contributed by atoms with Gasteiger partial charge in [-0.3, -0.25) is 9.69 Å². The van der Waals surface area contributed by atoms with Crippen molar-refractivity contribution in [3.63, 3.8) is 0 Å². The highest BCUT2D eigenvalue weighted by Crippen LogP contribution is 2.30. The third kappa shape index (κ3) is 6.39. The predicted octanol–water partition coefficient (Wildman–Crippen LogP) is 3.82. The molecule has 1 aliphatic heterocycles. The van der Waals surface area contributed by atoms with E-state index >= 15 is 0 Å². The number of phenols is 1. The van der Waals surface area contributed by atoms with Crippen molar-refractivity contribution in [2.24, 2.45) is 5.92 Å². The van der Waals surface area contributed by atoms with Crippen LogP contribution in [-0.2, 0) is 14.3 Å². The molecule has 2 atom stereocenters. The van der Waals surface area contributed by atoms with Crippen LogP contribution >= 0.6 is 0 Å². The molecule has 3 rings (SSSR count). The number of amides is 3. The van der Waals surface area contributed by atoms with Gasteiger partial charge in [-0.2, -0.15) is 0 Å². The second-order valence-electron chi connectivity index (χ2n) is 10.1. The first-order valence-electron chi connectivity index (χ1n) is 11.9. The lowest BCUT2D eigenvalue weighted by Gasteiger charge is -2.35. The van der Waals surface area contributed by atoms with Gasteiger partial charge in [0.1, 0.15) is 23.4 Å². The Morgan fingerprint density at radius 3 is 2.45 bits per heavy atom. The molecule has 8 heteroatoms. The van der Waals surface area contributed by atoms with Crippen LogP contribution in [0.3, 0.4) is 0 Å². The van der Waals surface area contributed by atoms with Gasteiger partial charge in [-0.05, 0) is 64.5 Å². The number of nitrogens with one attached hydrogen (secondary N) is 1. The first-order chi connectivity index (χ1) is 15.6. The third-order valence-electron chi connectivity index (χ3n) is 6.40. The number of rotatable bonds is 5. The van der Waals surface area contributed by atoms with Crippen LogP contribution in [-0.4, -0.2) is 59.2 Å². The average Bonchev–Trinajstić information content (AvgIpc) is 3.26. The molecule has 2 unspecified atom stereocenters. The molecule has 0 spiro atoms. The van der Waals surface area contributed by atoms with Gasteiger partial charge >= 0.3 is 12.0 Å². The fourth-order valence-electron chi connectivity index (χ4n) is 4.72. The lowest BCUT2D eigenvalue weighted by Crippen LogP contribution is -2.57. The minimum absolute atomic E-state index is 0.0210. The van der Waals surface area contributed by atoms with Crippen molar-refractivity contribution in [3.8, 4) is 5.75 Å². The van der Waals surface area contributed by atoms with Crippen molar-refractivity contribution in [1.29, 1.82) is 0 Å². The highest BCUT2D eigenvalue weighted by Gasteiger charge is 2.42. The normalized spacial score (nSPS) is 20.2. The van der Waals surface area contributed by atoms with Crippen molar-refractivity contribution < 1.29 is 24.2 Å². The summed E-state index contributed by atoms with van der Waals surface area (Å²) in [5.41, 5.74) is -0.106. The maximum Gasteiger partial charge on any atom is 0.329 e. The summed E-state index contributed by atoms with van der Waals surface area (Å²) in [7, 11) is 1.60. The van der Waals surface area contributed by atoms with Crippen molar-refractivity contribution in [3.05, 3.63) is 24.3 Å². The van der Waals surface area contributed by atoms with E-state index in [9.17, 15) is 19.5 Å². The minimum Gasteiger partial charge on any atom is -0.508 e. The Hall–Kier alpha value is -2.77. The van der Waals surface area contributed by atoms with Crippen molar-refractivity contribution >= 4 is 23.6 Å². The number of phenolic OH excluding ortho intramolecular Hbond substituents is 1. The molecular weight excluding hydrogens is 422 g/mol. The van der Waals surface area contributed by atoms with Gasteiger partial charge < -0.3 is 20.1 Å². The van der Waals surface area contributed by atoms with Crippen molar-refractivity contribution in [1.82, 2.24) is 10.2 Å². The minimum atomic E-state index is -0.708. The van der Waals surface area contributed by atoms with Crippen LogP contribution in [0, 0.1) is 5.92 Å². The number of hydrogen-bond acceptors (Lipinski definition) is 5. The zero-order valence-electron chi connectivity index (χ0n) is 20.2. The molecule has 3 amide bonds. The number of carbonyl (C=O) groups excluding carboxylic acids is 3. The Morgan fingerprint density at radius 1 is 1.12 bits per heavy atom. The first-order valence-corrected chi connectivity index (χ1v) is 11.9. The van der Waals surface area contributed by atoms with Gasteiger partial charge in [-0.15, -0.1) is 0 Å². The van der Waals surface area contributed by atoms with Crippen LogP contribution in [0.4, 0.5) is 10.5 Å². The molecule has 182 valence electrons. The molecule has 1 aliphatic carbocycles. The van der Waals surface area contributed by atoms with Gasteiger partial charge in [-0.25, -0.2) is 9.59 Å². The molecular formula is C25H37N3O5. The molecule has 1 aromatic carbocycles. The fraction of sp³-hybridized carbons (Fsp3) is 0.640. The number of benzene rings is 1. The Labute approximate surface area is 196 Å². The number of urea groups is 1. The van der Waals surface area contributed by atoms with E-state index in [2.05, 4.69) is 5.32 Å². The van der Waals surface area contributed by atoms with Gasteiger partial charge in [0.05, 0.1) is 0 Å². The molecule has 2 aliphatic rings. The van der Waals surface area contributed by atoms with E-state index in [0.29, 0.717) is 18.7 Å². The van der Waals surface area contributed by atoms with Crippen LogP contribution < -0.4 is 10.2 Å². The van der Waals surface area contributed by atoms with Crippen molar-refractivity contribution in [2.45, 2.75) is 83.4 Å². The second-order valence-corrected chi connectivity index (χ2v) is 10.1. The Bertz CT molecular complexity index is 860. The molecule has 1 saturated carbocycles. The lowest BCUT2D eigenvalue weighted by atomic mass is 9.83. The number of nitrogens with zero attached hydrogens (tertiary/aromatic N) is 2. The van der Waals surface area contributed by atoms with Crippen LogP contribution in [0.25, 0.3) is 0 Å². The SMILES string of the molecule is CN(C(=O)NC(C(=O)N1CCCC1C(=O)OC(C)(C)C)C1CCCCC1)c1cccc(O)c1. The van der Waals surface area contributed by atoms with Gasteiger partial charge in [0.15, 0.2) is 0 Å². The van der Waals surface area contributed by atoms with Crippen LogP contribution in [0.5, 0.6) is 5.75 Å². The number of aromatic hydroxyl groups is 1. The van der Waals surface area contributed by atoms with E-state index in [-0.39, 0.29) is 23.5 Å². The standard InChI is InChI=1S/C25H37N3O5/c1-25(2,3)33-23(31)20-14-9-15-28(20)22(30)21(17-10-6-5-7-11-17)26-24(32)27(4)18-12-8-13-19(29)16-18/h8,12-13,16-17,20-21,29H,5-7,9-11,14-15H2,1-4H3,(H,26,32). The fourth-order valence-corrected chi connectivity index (χ4v) is 4.72. The summed E-state index contributed by atoms with van der Waals surface area (Å²) in [5.74, 6) is -0.524. The van der Waals surface area contributed by atoms with E-state index in [1.165, 1.54) is 17.0 Å². The van der Waals surface area contributed by atoms with Crippen LogP contribution in [0.1, 0.15) is 65.7 Å². The average molecular weight is 460 g/mol. The summed E-state index contributed by atoms with van der Waals surface area (Å²) in [5, 5.41) is 12.7. The lowest BCUT2D eigenvalue weighted by molar-refractivity contribution is -0.163. The largest absolute Gasteiger partial charge is 0.508 e. The molecule has 2 fully saturated rings. The third-order valence-corrected chi connectivity index (χ3v) is 6.40. The Morgan fingerprint density at radius 2 is 1.82 bits per heavy atom. The quantitative estimate of drug-likeness (QED) is 0.652. The Balaban J connectivity index is 1.79. The van der Waals surface area contributed by atoms with Gasteiger partial charge in [0, 0.05) is 25.3 Å². The molecule has 2 N–H and O–H groups in total. The maximum absolute atomic E-state index is 13.7. The number of carbonyl (C=O) groups is 3. The summed E-state index contributed by atoms with van der Waals surface area (Å²) in [6.45, 7) is 5.92. The number of hydrogen-bond donors (Lipinski definition) is 2. The zero-order valence-corrected chi connectivity index (χ0v) is 20.2. The van der Waals surface area contributed by atoms with E-state index in [4.69, 9.17) is 4.74 Å². The summed E-state index contributed by atoms with van der Waals surface area (Å²) in [6.07, 6.45) is 6.16. The summed E-state index contributed by atoms with van der Waals surface area (Å²) >= 11 is 0. The highest BCUT2D eigenvalue weighted by molar-refractivity contribution is 5.96. The maximum atomic E-state index is 13.7. The first kappa shape index (κ1) is 24.9. The van der Waals surface area contributed by atoms with Crippen molar-refractivity contribution in [2.75, 3.05) is 18.5 Å². The number of anilines is 1. The molecule has 33 heavy (non-hydrogen) atoms. The highest BCUT2D eigenvalue weighted by atomic mass is 16.6. The topological polar surface area (TPSA) is 99.2 Å². The molecule has 1 saturated heterocycles. The molecule has 8 nitrogen and oxygen atoms in total. The summed E-state index contributed by atoms with van der Waals surface area (Å²) in [4.78, 5) is 42.6. The molecule has 1 aromatic rings. The number of ether oxygens (including phenoxy) is 1.